The van der Waals surface area contributed by atoms with Crippen LogP contribution in [0.4, 0.5) is 0 Å². The molecule has 4 atom stereocenters. The lowest BCUT2D eigenvalue weighted by molar-refractivity contribution is -0.184. The summed E-state index contributed by atoms with van der Waals surface area (Å²) in [6, 6.07) is 0. The van der Waals surface area contributed by atoms with Crippen LogP contribution < -0.4 is 0 Å². The van der Waals surface area contributed by atoms with E-state index in [1.807, 2.05) is 0 Å². The molecule has 17 heavy (non-hydrogen) atoms. The quantitative estimate of drug-likeness (QED) is 0.650. The molecule has 3 rings (SSSR count). The van der Waals surface area contributed by atoms with Gasteiger partial charge in [-0.3, -0.25) is 4.79 Å². The van der Waals surface area contributed by atoms with Gasteiger partial charge in [-0.1, -0.05) is 13.8 Å². The molecule has 96 valence electrons. The SMILES string of the molecule is C[C@@H]1[C@H]2C(=O)CCC[C@H](C)[C@@H]2CC12OCCO2. The minimum Gasteiger partial charge on any atom is -0.347 e. The van der Waals surface area contributed by atoms with Crippen LogP contribution in [0.15, 0.2) is 0 Å². The molecule has 1 spiro atoms. The van der Waals surface area contributed by atoms with Crippen LogP contribution in [-0.2, 0) is 14.3 Å². The Balaban J connectivity index is 1.91. The van der Waals surface area contributed by atoms with Gasteiger partial charge in [-0.05, 0) is 24.7 Å². The minimum atomic E-state index is -0.434. The Morgan fingerprint density at radius 3 is 2.65 bits per heavy atom. The Kier molecular flexibility index (Phi) is 2.79. The fourth-order valence-corrected chi connectivity index (χ4v) is 4.19. The lowest BCUT2D eigenvalue weighted by Gasteiger charge is -2.28. The van der Waals surface area contributed by atoms with Crippen molar-refractivity contribution >= 4 is 5.78 Å². The molecule has 3 nitrogen and oxygen atoms in total. The van der Waals surface area contributed by atoms with Crippen molar-refractivity contribution in [1.29, 1.82) is 0 Å². The predicted octanol–water partition coefficient (Wildman–Crippen LogP) is 2.39. The van der Waals surface area contributed by atoms with Gasteiger partial charge in [0.15, 0.2) is 5.79 Å². The van der Waals surface area contributed by atoms with Crippen LogP contribution in [0.1, 0.15) is 39.5 Å². The molecule has 0 amide bonds. The fraction of sp³-hybridized carbons (Fsp3) is 0.929. The van der Waals surface area contributed by atoms with Crippen LogP contribution in [0.25, 0.3) is 0 Å². The van der Waals surface area contributed by atoms with Crippen molar-refractivity contribution in [2.45, 2.75) is 45.3 Å². The molecule has 0 aromatic carbocycles. The summed E-state index contributed by atoms with van der Waals surface area (Å²) in [6.45, 7) is 5.81. The molecule has 1 heterocycles. The Morgan fingerprint density at radius 1 is 1.24 bits per heavy atom. The van der Waals surface area contributed by atoms with E-state index in [0.29, 0.717) is 30.8 Å². The van der Waals surface area contributed by atoms with E-state index in [-0.39, 0.29) is 11.8 Å². The molecule has 1 saturated heterocycles. The summed E-state index contributed by atoms with van der Waals surface area (Å²) in [5.74, 6) is 1.51. The lowest BCUT2D eigenvalue weighted by Crippen LogP contribution is -2.36. The summed E-state index contributed by atoms with van der Waals surface area (Å²) < 4.78 is 11.7. The van der Waals surface area contributed by atoms with Gasteiger partial charge in [0, 0.05) is 24.7 Å². The van der Waals surface area contributed by atoms with Gasteiger partial charge < -0.3 is 9.47 Å². The third kappa shape index (κ3) is 1.66. The molecular formula is C14H22O3. The van der Waals surface area contributed by atoms with Gasteiger partial charge in [-0.2, -0.15) is 0 Å². The first kappa shape index (κ1) is 11.7. The van der Waals surface area contributed by atoms with Gasteiger partial charge in [0.1, 0.15) is 5.78 Å². The van der Waals surface area contributed by atoms with Crippen molar-refractivity contribution < 1.29 is 14.3 Å². The van der Waals surface area contributed by atoms with Crippen LogP contribution in [0, 0.1) is 23.7 Å². The predicted molar refractivity (Wildman–Crippen MR) is 63.4 cm³/mol. The Labute approximate surface area is 103 Å². The molecule has 0 N–H and O–H groups in total. The molecule has 1 aliphatic heterocycles. The van der Waals surface area contributed by atoms with E-state index >= 15 is 0 Å². The third-order valence-corrected chi connectivity index (χ3v) is 5.18. The van der Waals surface area contributed by atoms with Crippen molar-refractivity contribution in [3.05, 3.63) is 0 Å². The first-order valence-corrected chi connectivity index (χ1v) is 6.95. The molecule has 3 fully saturated rings. The van der Waals surface area contributed by atoms with Crippen LogP contribution in [0.3, 0.4) is 0 Å². The summed E-state index contributed by atoms with van der Waals surface area (Å²) in [6.07, 6.45) is 3.92. The van der Waals surface area contributed by atoms with E-state index in [1.54, 1.807) is 0 Å². The summed E-state index contributed by atoms with van der Waals surface area (Å²) in [7, 11) is 0. The smallest absolute Gasteiger partial charge is 0.172 e. The van der Waals surface area contributed by atoms with E-state index in [1.165, 1.54) is 6.42 Å². The first-order valence-electron chi connectivity index (χ1n) is 6.95. The van der Waals surface area contributed by atoms with Gasteiger partial charge >= 0.3 is 0 Å². The molecule has 3 aliphatic rings. The number of ketones is 1. The van der Waals surface area contributed by atoms with E-state index < -0.39 is 5.79 Å². The second kappa shape index (κ2) is 4.06. The van der Waals surface area contributed by atoms with Gasteiger partial charge in [-0.15, -0.1) is 0 Å². The largest absolute Gasteiger partial charge is 0.347 e. The average molecular weight is 238 g/mol. The maximum atomic E-state index is 12.3. The normalized spacial score (nSPS) is 44.9. The zero-order valence-corrected chi connectivity index (χ0v) is 10.8. The molecule has 0 unspecified atom stereocenters. The molecule has 0 aromatic rings. The number of carbonyl (C=O) groups is 1. The zero-order valence-electron chi connectivity index (χ0n) is 10.8. The Hall–Kier alpha value is -0.410. The van der Waals surface area contributed by atoms with Gasteiger partial charge in [-0.25, -0.2) is 0 Å². The number of ether oxygens (including phenoxy) is 2. The maximum Gasteiger partial charge on any atom is 0.172 e. The highest BCUT2D eigenvalue weighted by molar-refractivity contribution is 5.82. The van der Waals surface area contributed by atoms with Crippen LogP contribution in [0.2, 0.25) is 0 Å². The summed E-state index contributed by atoms with van der Waals surface area (Å²) in [4.78, 5) is 12.3. The lowest BCUT2D eigenvalue weighted by atomic mass is 9.81. The molecule has 2 saturated carbocycles. The maximum absolute atomic E-state index is 12.3. The van der Waals surface area contributed by atoms with Crippen LogP contribution >= 0.6 is 0 Å². The molecule has 2 aliphatic carbocycles. The summed E-state index contributed by atoms with van der Waals surface area (Å²) in [5, 5.41) is 0. The third-order valence-electron chi connectivity index (χ3n) is 5.18. The van der Waals surface area contributed by atoms with E-state index in [9.17, 15) is 4.79 Å². The highest BCUT2D eigenvalue weighted by Crippen LogP contribution is 2.53. The average Bonchev–Trinajstić information content (AvgIpc) is 2.83. The standard InChI is InChI=1S/C14H22O3/c1-9-4-3-5-12(15)13-10(2)14(8-11(9)13)16-6-7-17-14/h9-11,13H,3-8H2,1-2H3/t9-,10+,11-,13+/m0/s1. The van der Waals surface area contributed by atoms with Crippen molar-refractivity contribution in [2.24, 2.45) is 23.7 Å². The van der Waals surface area contributed by atoms with Crippen molar-refractivity contribution in [2.75, 3.05) is 13.2 Å². The van der Waals surface area contributed by atoms with E-state index in [2.05, 4.69) is 13.8 Å². The van der Waals surface area contributed by atoms with Gasteiger partial charge in [0.25, 0.3) is 0 Å². The Morgan fingerprint density at radius 2 is 1.94 bits per heavy atom. The van der Waals surface area contributed by atoms with Crippen LogP contribution in [-0.4, -0.2) is 24.8 Å². The number of rotatable bonds is 0. The minimum absolute atomic E-state index is 0.172. The second-order valence-electron chi connectivity index (χ2n) is 6.03. The molecule has 0 bridgehead atoms. The molecule has 0 radical (unpaired) electrons. The monoisotopic (exact) mass is 238 g/mol. The van der Waals surface area contributed by atoms with E-state index in [0.717, 1.165) is 19.3 Å². The van der Waals surface area contributed by atoms with Crippen molar-refractivity contribution in [3.63, 3.8) is 0 Å². The summed E-state index contributed by atoms with van der Waals surface area (Å²) in [5.41, 5.74) is 0. The first-order chi connectivity index (χ1) is 8.14. The van der Waals surface area contributed by atoms with Crippen molar-refractivity contribution in [3.8, 4) is 0 Å². The molecule has 0 aromatic heterocycles. The Bertz CT molecular complexity index is 319. The van der Waals surface area contributed by atoms with E-state index in [4.69, 9.17) is 9.47 Å². The highest BCUT2D eigenvalue weighted by Gasteiger charge is 2.58. The summed E-state index contributed by atoms with van der Waals surface area (Å²) >= 11 is 0. The topological polar surface area (TPSA) is 35.5 Å². The highest BCUT2D eigenvalue weighted by atomic mass is 16.7. The van der Waals surface area contributed by atoms with Crippen LogP contribution in [0.5, 0.6) is 0 Å². The number of hydrogen-bond donors (Lipinski definition) is 0. The number of hydrogen-bond acceptors (Lipinski definition) is 3. The number of fused-ring (bicyclic) bond motifs is 1. The number of carbonyl (C=O) groups excluding carboxylic acids is 1. The second-order valence-corrected chi connectivity index (χ2v) is 6.03. The van der Waals surface area contributed by atoms with Gasteiger partial charge in [0.2, 0.25) is 0 Å². The molecule has 3 heteroatoms. The van der Waals surface area contributed by atoms with Gasteiger partial charge in [0.05, 0.1) is 13.2 Å². The molecular weight excluding hydrogens is 216 g/mol. The van der Waals surface area contributed by atoms with Crippen molar-refractivity contribution in [1.82, 2.24) is 0 Å². The fourth-order valence-electron chi connectivity index (χ4n) is 4.19. The number of Topliss-reactive ketones (excluding diaryl/α,β-unsaturated/α-hetero) is 1. The zero-order chi connectivity index (χ0) is 12.0.